The summed E-state index contributed by atoms with van der Waals surface area (Å²) in [7, 11) is 0. The number of rotatable bonds is 0. The molecule has 0 heterocycles. The van der Waals surface area contributed by atoms with Gasteiger partial charge in [0.2, 0.25) is 0 Å². The van der Waals surface area contributed by atoms with Crippen LogP contribution in [0.2, 0.25) is 0 Å². The summed E-state index contributed by atoms with van der Waals surface area (Å²) in [5.41, 5.74) is 0. The number of nitrogens with two attached hydrogens (primary N) is 2. The van der Waals surface area contributed by atoms with Crippen molar-refractivity contribution in [2.45, 2.75) is 0 Å². The maximum absolute atomic E-state index is 0. The zero-order valence-electron chi connectivity index (χ0n) is 1.88. The summed E-state index contributed by atoms with van der Waals surface area (Å²) in [6.07, 6.45) is 0. The van der Waals surface area contributed by atoms with E-state index < -0.39 is 0 Å². The summed E-state index contributed by atoms with van der Waals surface area (Å²) in [6.45, 7) is 0. The van der Waals surface area contributed by atoms with Gasteiger partial charge in [-0.1, -0.05) is 0 Å². The van der Waals surface area contributed by atoms with Crippen LogP contribution in [0.15, 0.2) is 0 Å². The van der Waals surface area contributed by atoms with E-state index >= 15 is 0 Å². The minimum atomic E-state index is 0. The minimum absolute atomic E-state index is 0. The molecule has 0 aromatic heterocycles. The van der Waals surface area contributed by atoms with Gasteiger partial charge < -0.3 is 12.3 Å². The first-order chi connectivity index (χ1) is 0. The van der Waals surface area contributed by atoms with Crippen LogP contribution in [0.5, 0.6) is 0 Å². The molecule has 0 aromatic rings. The molecule has 0 unspecified atom stereocenters. The Balaban J connectivity index is 0. The van der Waals surface area contributed by atoms with Crippen molar-refractivity contribution in [3.05, 3.63) is 12.3 Å². The van der Waals surface area contributed by atoms with Gasteiger partial charge in [-0.3, -0.25) is 0 Å². The van der Waals surface area contributed by atoms with Crippen molar-refractivity contribution in [3.63, 3.8) is 0 Å². The molecule has 4 heteroatoms. The second-order valence-electron chi connectivity index (χ2n) is 0. The SMILES string of the molecule is Br.[NH2-].[NH2-].[Pd+2]. The predicted octanol–water partition coefficient (Wildman–Crippen LogP) is 2.01. The third-order valence-electron chi connectivity index (χ3n) is 0. The van der Waals surface area contributed by atoms with E-state index in [-0.39, 0.29) is 49.7 Å². The van der Waals surface area contributed by atoms with Gasteiger partial charge in [-0.15, -0.1) is 17.0 Å². The number of hydrogen-bond acceptors (Lipinski definition) is 0. The van der Waals surface area contributed by atoms with Gasteiger partial charge in [0.05, 0.1) is 0 Å². The first kappa shape index (κ1) is 74.0. The van der Waals surface area contributed by atoms with Crippen molar-refractivity contribution in [2.75, 3.05) is 0 Å². The van der Waals surface area contributed by atoms with E-state index in [4.69, 9.17) is 0 Å². The van der Waals surface area contributed by atoms with Crippen molar-refractivity contribution in [1.82, 2.24) is 0 Å². The van der Waals surface area contributed by atoms with Crippen LogP contribution in [-0.4, -0.2) is 0 Å². The van der Waals surface area contributed by atoms with Crippen LogP contribution in [-0.2, 0) is 20.4 Å². The molecule has 0 spiro atoms. The van der Waals surface area contributed by atoms with E-state index in [1.165, 1.54) is 0 Å². The number of halogens is 1. The van der Waals surface area contributed by atoms with E-state index in [1.54, 1.807) is 0 Å². The van der Waals surface area contributed by atoms with Crippen LogP contribution in [0, 0.1) is 0 Å². The molecular weight excluding hydrogens is 214 g/mol. The van der Waals surface area contributed by atoms with E-state index in [1.807, 2.05) is 0 Å². The Labute approximate surface area is 49.9 Å². The molecule has 0 bridgehead atoms. The zero-order chi connectivity index (χ0) is 0. The molecule has 0 rings (SSSR count). The van der Waals surface area contributed by atoms with Crippen LogP contribution in [0.3, 0.4) is 0 Å². The smallest absolute Gasteiger partial charge is 0.693 e. The molecule has 0 fully saturated rings. The third-order valence-corrected chi connectivity index (χ3v) is 0. The summed E-state index contributed by atoms with van der Waals surface area (Å²) in [6, 6.07) is 0. The van der Waals surface area contributed by atoms with Gasteiger partial charge in [0.25, 0.3) is 0 Å². The molecule has 0 radical (unpaired) electrons. The molecule has 0 aliphatic carbocycles. The largest absolute Gasteiger partial charge is 2.00 e. The number of hydrogen-bond donors (Lipinski definition) is 0. The second kappa shape index (κ2) is 33.8. The standard InChI is InChI=1S/BrH.2H2N.Pd/h1H;2*1H2;/q;2*-1;+2. The van der Waals surface area contributed by atoms with Crippen molar-refractivity contribution < 1.29 is 20.4 Å². The second-order valence-corrected chi connectivity index (χ2v) is 0. The van der Waals surface area contributed by atoms with Gasteiger partial charge in [-0.05, 0) is 0 Å². The predicted molar refractivity (Wildman–Crippen MR) is 20.9 cm³/mol. The Bertz CT molecular complexity index is 6.00. The molecule has 2 nitrogen and oxygen atoms in total. The van der Waals surface area contributed by atoms with Crippen LogP contribution in [0.1, 0.15) is 0 Å². The molecular formula is H5BrN2Pd. The maximum atomic E-state index is 0. The average molecular weight is 219 g/mol. The van der Waals surface area contributed by atoms with Crippen LogP contribution in [0.4, 0.5) is 0 Å². The van der Waals surface area contributed by atoms with Crippen molar-refractivity contribution in [1.29, 1.82) is 0 Å². The minimum Gasteiger partial charge on any atom is -0.693 e. The van der Waals surface area contributed by atoms with Crippen LogP contribution >= 0.6 is 17.0 Å². The zero-order valence-corrected chi connectivity index (χ0v) is 5.15. The van der Waals surface area contributed by atoms with Gasteiger partial charge in [-0.25, -0.2) is 0 Å². The van der Waals surface area contributed by atoms with Crippen LogP contribution in [0.25, 0.3) is 12.3 Å². The summed E-state index contributed by atoms with van der Waals surface area (Å²) >= 11 is 0. The first-order valence-corrected chi connectivity index (χ1v) is 0. The Hall–Kier alpha value is 1.06. The van der Waals surface area contributed by atoms with Gasteiger partial charge in [0.1, 0.15) is 0 Å². The van der Waals surface area contributed by atoms with Gasteiger partial charge in [0, 0.05) is 0 Å². The van der Waals surface area contributed by atoms with E-state index in [2.05, 4.69) is 0 Å². The summed E-state index contributed by atoms with van der Waals surface area (Å²) < 4.78 is 0. The third kappa shape index (κ3) is 11.5. The summed E-state index contributed by atoms with van der Waals surface area (Å²) in [5, 5.41) is 0. The Kier molecular flexibility index (Phi) is 625. The normalized spacial score (nSPS) is 0. The Morgan fingerprint density at radius 3 is 0.750 bits per heavy atom. The molecule has 0 atom stereocenters. The van der Waals surface area contributed by atoms with E-state index in [9.17, 15) is 0 Å². The van der Waals surface area contributed by atoms with Gasteiger partial charge >= 0.3 is 20.4 Å². The molecule has 0 aliphatic heterocycles. The Morgan fingerprint density at radius 2 is 0.750 bits per heavy atom. The fourth-order valence-electron chi connectivity index (χ4n) is 0. The van der Waals surface area contributed by atoms with Gasteiger partial charge in [-0.2, -0.15) is 0 Å². The molecule has 0 saturated carbocycles. The monoisotopic (exact) mass is 218 g/mol. The fraction of sp³-hybridized carbons (Fsp3) is 0. The first-order valence-electron chi connectivity index (χ1n) is 0. The van der Waals surface area contributed by atoms with Crippen molar-refractivity contribution >= 4 is 17.0 Å². The molecule has 0 aromatic carbocycles. The summed E-state index contributed by atoms with van der Waals surface area (Å²) in [5.74, 6) is 0. The molecule has 0 saturated heterocycles. The Morgan fingerprint density at radius 1 is 0.750 bits per heavy atom. The quantitative estimate of drug-likeness (QED) is 0.559. The molecule has 0 aliphatic rings. The maximum Gasteiger partial charge on any atom is 2.00 e. The van der Waals surface area contributed by atoms with Crippen molar-refractivity contribution in [2.24, 2.45) is 0 Å². The summed E-state index contributed by atoms with van der Waals surface area (Å²) in [4.78, 5) is 0. The molecule has 4 N–H and O–H groups in total. The van der Waals surface area contributed by atoms with Gasteiger partial charge in [0.15, 0.2) is 0 Å². The molecule has 4 heavy (non-hydrogen) atoms. The van der Waals surface area contributed by atoms with E-state index in [0.717, 1.165) is 0 Å². The van der Waals surface area contributed by atoms with Crippen molar-refractivity contribution in [3.8, 4) is 0 Å². The topological polar surface area (TPSA) is 67.0 Å². The average Bonchev–Trinajstić information content (AvgIpc) is 0. The van der Waals surface area contributed by atoms with Crippen LogP contribution < -0.4 is 0 Å². The molecule has 32 valence electrons. The fourth-order valence-corrected chi connectivity index (χ4v) is 0. The molecule has 0 amide bonds. The van der Waals surface area contributed by atoms with E-state index in [0.29, 0.717) is 0 Å².